The fourth-order valence-electron chi connectivity index (χ4n) is 2.45. The summed E-state index contributed by atoms with van der Waals surface area (Å²) in [5.74, 6) is -0.388. The van der Waals surface area contributed by atoms with Crippen molar-refractivity contribution in [3.05, 3.63) is 42.5 Å². The highest BCUT2D eigenvalue weighted by Gasteiger charge is 2.21. The Hall–Kier alpha value is -2.41. The Morgan fingerprint density at radius 1 is 1.36 bits per heavy atom. The summed E-state index contributed by atoms with van der Waals surface area (Å²) in [6, 6.07) is 6.03. The average Bonchev–Trinajstić information content (AvgIpc) is 2.99. The van der Waals surface area contributed by atoms with E-state index in [1.54, 1.807) is 29.3 Å². The topological polar surface area (TPSA) is 70.4 Å². The van der Waals surface area contributed by atoms with E-state index in [0.717, 1.165) is 0 Å². The van der Waals surface area contributed by atoms with E-state index in [9.17, 15) is 9.18 Å². The number of para-hydroxylation sites is 1. The lowest BCUT2D eigenvalue weighted by Crippen LogP contribution is -2.41. The standard InChI is InChI=1S/C18H25FN4O2/c1-18(2,3)13-22(9-6-10-24)17(25)21-14-11-20-23(12-14)16-8-5-4-7-15(16)19/h4-5,7-8,11-12,24H,6,9-10,13H2,1-3H3,(H,21,25). The molecule has 6 nitrogen and oxygen atoms in total. The van der Waals surface area contributed by atoms with Gasteiger partial charge in [-0.1, -0.05) is 32.9 Å². The maximum Gasteiger partial charge on any atom is 0.321 e. The molecule has 0 aliphatic carbocycles. The molecule has 2 rings (SSSR count). The Morgan fingerprint density at radius 2 is 2.08 bits per heavy atom. The lowest BCUT2D eigenvalue weighted by molar-refractivity contribution is 0.176. The molecule has 0 radical (unpaired) electrons. The van der Waals surface area contributed by atoms with E-state index < -0.39 is 0 Å². The first-order valence-electron chi connectivity index (χ1n) is 8.26. The molecule has 0 atom stereocenters. The third-order valence-corrected chi connectivity index (χ3v) is 3.47. The fourth-order valence-corrected chi connectivity index (χ4v) is 2.45. The number of hydrogen-bond acceptors (Lipinski definition) is 3. The normalized spacial score (nSPS) is 11.4. The number of rotatable bonds is 6. The number of nitrogens with zero attached hydrogens (tertiary/aromatic N) is 3. The van der Waals surface area contributed by atoms with E-state index in [4.69, 9.17) is 5.11 Å². The number of aromatic nitrogens is 2. The zero-order chi connectivity index (χ0) is 18.4. The second-order valence-corrected chi connectivity index (χ2v) is 7.11. The Morgan fingerprint density at radius 3 is 2.72 bits per heavy atom. The first-order chi connectivity index (χ1) is 11.8. The van der Waals surface area contributed by atoms with Crippen LogP contribution in [0.5, 0.6) is 0 Å². The Kier molecular flexibility index (Phi) is 6.14. The number of halogens is 1. The van der Waals surface area contributed by atoms with Gasteiger partial charge in [0.05, 0.1) is 18.1 Å². The fraction of sp³-hybridized carbons (Fsp3) is 0.444. The van der Waals surface area contributed by atoms with E-state index in [-0.39, 0.29) is 23.9 Å². The number of anilines is 1. The van der Waals surface area contributed by atoms with Crippen molar-refractivity contribution >= 4 is 11.7 Å². The molecular weight excluding hydrogens is 323 g/mol. The summed E-state index contributed by atoms with van der Waals surface area (Å²) in [5, 5.41) is 15.9. The second-order valence-electron chi connectivity index (χ2n) is 7.11. The molecule has 2 N–H and O–H groups in total. The molecule has 25 heavy (non-hydrogen) atoms. The molecule has 1 aromatic heterocycles. The van der Waals surface area contributed by atoms with Gasteiger partial charge in [-0.2, -0.15) is 5.10 Å². The summed E-state index contributed by atoms with van der Waals surface area (Å²) in [6.07, 6.45) is 3.56. The smallest absolute Gasteiger partial charge is 0.321 e. The highest BCUT2D eigenvalue weighted by molar-refractivity contribution is 5.89. The second kappa shape index (κ2) is 8.11. The van der Waals surface area contributed by atoms with Crippen LogP contribution in [0.1, 0.15) is 27.2 Å². The number of aliphatic hydroxyl groups is 1. The van der Waals surface area contributed by atoms with E-state index in [1.165, 1.54) is 16.9 Å². The maximum absolute atomic E-state index is 13.8. The summed E-state index contributed by atoms with van der Waals surface area (Å²) in [7, 11) is 0. The zero-order valence-corrected chi connectivity index (χ0v) is 14.9. The number of amides is 2. The molecule has 0 unspecified atom stereocenters. The van der Waals surface area contributed by atoms with Crippen molar-refractivity contribution in [3.8, 4) is 5.69 Å². The molecule has 1 aromatic carbocycles. The predicted octanol–water partition coefficient (Wildman–Crippen LogP) is 3.27. The van der Waals surface area contributed by atoms with Gasteiger partial charge in [0.2, 0.25) is 0 Å². The Bertz CT molecular complexity index is 709. The first kappa shape index (κ1) is 18.9. The van der Waals surface area contributed by atoms with Crippen molar-refractivity contribution in [2.24, 2.45) is 5.41 Å². The molecule has 0 aliphatic rings. The summed E-state index contributed by atoms with van der Waals surface area (Å²) >= 11 is 0. The van der Waals surface area contributed by atoms with Crippen molar-refractivity contribution in [1.82, 2.24) is 14.7 Å². The molecule has 1 heterocycles. The molecule has 0 bridgehead atoms. The number of nitrogens with one attached hydrogen (secondary N) is 1. The molecule has 0 spiro atoms. The number of aliphatic hydroxyl groups excluding tert-OH is 1. The zero-order valence-electron chi connectivity index (χ0n) is 14.9. The van der Waals surface area contributed by atoms with Crippen LogP contribution >= 0.6 is 0 Å². The minimum absolute atomic E-state index is 0.0269. The van der Waals surface area contributed by atoms with Crippen LogP contribution in [-0.4, -0.2) is 45.5 Å². The number of carbonyl (C=O) groups is 1. The minimum atomic E-state index is -0.388. The molecule has 2 amide bonds. The van der Waals surface area contributed by atoms with Crippen molar-refractivity contribution in [3.63, 3.8) is 0 Å². The number of carbonyl (C=O) groups excluding carboxylic acids is 1. The predicted molar refractivity (Wildman–Crippen MR) is 95.3 cm³/mol. The average molecular weight is 348 g/mol. The van der Waals surface area contributed by atoms with Gasteiger partial charge in [0.1, 0.15) is 11.5 Å². The molecule has 136 valence electrons. The maximum atomic E-state index is 13.8. The van der Waals surface area contributed by atoms with Gasteiger partial charge in [0.15, 0.2) is 0 Å². The first-order valence-corrected chi connectivity index (χ1v) is 8.26. The van der Waals surface area contributed by atoms with Crippen molar-refractivity contribution < 1.29 is 14.3 Å². The molecule has 7 heteroatoms. The largest absolute Gasteiger partial charge is 0.396 e. The lowest BCUT2D eigenvalue weighted by atomic mass is 9.96. The van der Waals surface area contributed by atoms with Crippen LogP contribution in [-0.2, 0) is 0 Å². The van der Waals surface area contributed by atoms with Gasteiger partial charge >= 0.3 is 6.03 Å². The van der Waals surface area contributed by atoms with Gasteiger partial charge in [-0.05, 0) is 24.0 Å². The lowest BCUT2D eigenvalue weighted by Gasteiger charge is -2.29. The minimum Gasteiger partial charge on any atom is -0.396 e. The highest BCUT2D eigenvalue weighted by atomic mass is 19.1. The highest BCUT2D eigenvalue weighted by Crippen LogP contribution is 2.18. The van der Waals surface area contributed by atoms with E-state index in [0.29, 0.717) is 30.9 Å². The quantitative estimate of drug-likeness (QED) is 0.842. The van der Waals surface area contributed by atoms with Gasteiger partial charge in [-0.25, -0.2) is 13.9 Å². The molecule has 0 saturated carbocycles. The van der Waals surface area contributed by atoms with Gasteiger partial charge in [-0.15, -0.1) is 0 Å². The summed E-state index contributed by atoms with van der Waals surface area (Å²) in [5.41, 5.74) is 0.732. The third-order valence-electron chi connectivity index (χ3n) is 3.47. The summed E-state index contributed by atoms with van der Waals surface area (Å²) < 4.78 is 15.2. The van der Waals surface area contributed by atoms with Gasteiger partial charge in [-0.3, -0.25) is 0 Å². The van der Waals surface area contributed by atoms with Crippen LogP contribution in [0.15, 0.2) is 36.7 Å². The SMILES string of the molecule is CC(C)(C)CN(CCCO)C(=O)Nc1cnn(-c2ccccc2F)c1. The van der Waals surface area contributed by atoms with Crippen LogP contribution in [0, 0.1) is 11.2 Å². The number of urea groups is 1. The van der Waals surface area contributed by atoms with E-state index in [2.05, 4.69) is 10.4 Å². The van der Waals surface area contributed by atoms with Crippen molar-refractivity contribution in [1.29, 1.82) is 0 Å². The van der Waals surface area contributed by atoms with Crippen LogP contribution in [0.25, 0.3) is 5.69 Å². The van der Waals surface area contributed by atoms with Crippen molar-refractivity contribution in [2.45, 2.75) is 27.2 Å². The number of benzene rings is 1. The third kappa shape index (κ3) is 5.56. The van der Waals surface area contributed by atoms with Gasteiger partial charge in [0, 0.05) is 19.7 Å². The van der Waals surface area contributed by atoms with Crippen LogP contribution in [0.2, 0.25) is 0 Å². The van der Waals surface area contributed by atoms with Gasteiger partial charge < -0.3 is 15.3 Å². The monoisotopic (exact) mass is 348 g/mol. The summed E-state index contributed by atoms with van der Waals surface area (Å²) in [4.78, 5) is 14.2. The molecule has 0 saturated heterocycles. The molecular formula is C18H25FN4O2. The molecule has 2 aromatic rings. The van der Waals surface area contributed by atoms with Crippen molar-refractivity contribution in [2.75, 3.05) is 25.0 Å². The Labute approximate surface area is 147 Å². The van der Waals surface area contributed by atoms with Crippen LogP contribution in [0.3, 0.4) is 0 Å². The van der Waals surface area contributed by atoms with E-state index in [1.807, 2.05) is 20.8 Å². The van der Waals surface area contributed by atoms with E-state index >= 15 is 0 Å². The van der Waals surface area contributed by atoms with Gasteiger partial charge in [0.25, 0.3) is 0 Å². The van der Waals surface area contributed by atoms with Crippen LogP contribution < -0.4 is 5.32 Å². The Balaban J connectivity index is 2.09. The number of hydrogen-bond donors (Lipinski definition) is 2. The molecule has 0 aliphatic heterocycles. The summed E-state index contributed by atoms with van der Waals surface area (Å²) in [6.45, 7) is 7.17. The van der Waals surface area contributed by atoms with Crippen LogP contribution in [0.4, 0.5) is 14.9 Å². The molecule has 0 fully saturated rings.